The average Bonchev–Trinajstić information content (AvgIpc) is 2.84. The number of hydrogen-bond donors (Lipinski definition) is 1. The van der Waals surface area contributed by atoms with Crippen molar-refractivity contribution in [3.63, 3.8) is 0 Å². The Hall–Kier alpha value is -3.10. The van der Waals surface area contributed by atoms with Crippen LogP contribution in [0.4, 0.5) is 13.2 Å². The number of carboxylic acids is 1. The van der Waals surface area contributed by atoms with Gasteiger partial charge in [-0.3, -0.25) is 14.6 Å². The third kappa shape index (κ3) is 6.96. The van der Waals surface area contributed by atoms with Gasteiger partial charge in [-0.2, -0.15) is 13.2 Å². The van der Waals surface area contributed by atoms with E-state index in [9.17, 15) is 22.8 Å². The molecular formula is C23H25F3N2O4. The van der Waals surface area contributed by atoms with Crippen LogP contribution in [0.15, 0.2) is 42.6 Å². The Morgan fingerprint density at radius 1 is 1.19 bits per heavy atom. The quantitative estimate of drug-likeness (QED) is 0.584. The van der Waals surface area contributed by atoms with E-state index in [4.69, 9.17) is 9.84 Å². The summed E-state index contributed by atoms with van der Waals surface area (Å²) in [4.78, 5) is 28.7. The van der Waals surface area contributed by atoms with Gasteiger partial charge in [0.25, 0.3) is 0 Å². The lowest BCUT2D eigenvalue weighted by Crippen LogP contribution is -2.41. The predicted octanol–water partition coefficient (Wildman–Crippen LogP) is 4.02. The number of alkyl halides is 3. The van der Waals surface area contributed by atoms with Gasteiger partial charge >= 0.3 is 12.1 Å². The van der Waals surface area contributed by atoms with Crippen molar-refractivity contribution < 1.29 is 32.6 Å². The molecule has 0 unspecified atom stereocenters. The SMILES string of the molecule is O=C(O)C[C@@H]1Cc2ccc(OCCCCc3ccccn3)cc2CN(CC(F)(F)F)C1=O. The minimum Gasteiger partial charge on any atom is -0.494 e. The number of aliphatic carboxylic acids is 1. The molecule has 1 N–H and O–H groups in total. The van der Waals surface area contributed by atoms with E-state index in [1.807, 2.05) is 18.2 Å². The van der Waals surface area contributed by atoms with Gasteiger partial charge in [0.15, 0.2) is 0 Å². The summed E-state index contributed by atoms with van der Waals surface area (Å²) in [5, 5.41) is 9.08. The van der Waals surface area contributed by atoms with Gasteiger partial charge in [0.2, 0.25) is 5.91 Å². The largest absolute Gasteiger partial charge is 0.494 e. The molecule has 2 heterocycles. The molecule has 0 spiro atoms. The molecular weight excluding hydrogens is 425 g/mol. The van der Waals surface area contributed by atoms with Crippen LogP contribution in [0.25, 0.3) is 0 Å². The summed E-state index contributed by atoms with van der Waals surface area (Å²) in [5.74, 6) is -2.53. The molecule has 0 saturated heterocycles. The van der Waals surface area contributed by atoms with Crippen LogP contribution in [-0.4, -0.2) is 46.2 Å². The van der Waals surface area contributed by atoms with Gasteiger partial charge < -0.3 is 14.7 Å². The molecule has 1 atom stereocenters. The van der Waals surface area contributed by atoms with Gasteiger partial charge in [0, 0.05) is 18.4 Å². The highest BCUT2D eigenvalue weighted by molar-refractivity contribution is 5.84. The molecule has 0 aliphatic carbocycles. The van der Waals surface area contributed by atoms with Gasteiger partial charge in [0.05, 0.1) is 18.9 Å². The fraction of sp³-hybridized carbons (Fsp3) is 0.435. The van der Waals surface area contributed by atoms with E-state index in [-0.39, 0.29) is 13.0 Å². The van der Waals surface area contributed by atoms with Crippen LogP contribution in [0.5, 0.6) is 5.75 Å². The Morgan fingerprint density at radius 3 is 2.69 bits per heavy atom. The predicted molar refractivity (Wildman–Crippen MR) is 110 cm³/mol. The van der Waals surface area contributed by atoms with Crippen molar-refractivity contribution in [2.24, 2.45) is 5.92 Å². The van der Waals surface area contributed by atoms with E-state index < -0.39 is 36.9 Å². The smallest absolute Gasteiger partial charge is 0.406 e. The van der Waals surface area contributed by atoms with Gasteiger partial charge in [-0.1, -0.05) is 12.1 Å². The number of benzene rings is 1. The third-order valence-electron chi connectivity index (χ3n) is 5.28. The summed E-state index contributed by atoms with van der Waals surface area (Å²) in [5.41, 5.74) is 2.21. The Morgan fingerprint density at radius 2 is 2.00 bits per heavy atom. The number of carboxylic acid groups (broad SMARTS) is 1. The van der Waals surface area contributed by atoms with Gasteiger partial charge in [-0.25, -0.2) is 0 Å². The first-order valence-electron chi connectivity index (χ1n) is 10.4. The number of carbonyl (C=O) groups is 2. The molecule has 0 saturated carbocycles. The summed E-state index contributed by atoms with van der Waals surface area (Å²) in [6.45, 7) is -1.21. The number of carbonyl (C=O) groups excluding carboxylic acids is 1. The summed E-state index contributed by atoms with van der Waals surface area (Å²) >= 11 is 0. The van der Waals surface area contributed by atoms with Crippen LogP contribution in [0.3, 0.4) is 0 Å². The number of halogens is 3. The first-order valence-corrected chi connectivity index (χ1v) is 10.4. The molecule has 0 fully saturated rings. The molecule has 1 aromatic carbocycles. The molecule has 3 rings (SSSR count). The zero-order valence-electron chi connectivity index (χ0n) is 17.5. The molecule has 1 aromatic heterocycles. The molecule has 172 valence electrons. The molecule has 1 amide bonds. The van der Waals surface area contributed by atoms with E-state index in [1.54, 1.807) is 24.4 Å². The number of unbranched alkanes of at least 4 members (excludes halogenated alkanes) is 1. The highest BCUT2D eigenvalue weighted by Crippen LogP contribution is 2.30. The summed E-state index contributed by atoms with van der Waals surface area (Å²) in [6, 6.07) is 10.8. The Labute approximate surface area is 184 Å². The fourth-order valence-corrected chi connectivity index (χ4v) is 3.80. The van der Waals surface area contributed by atoms with Crippen LogP contribution in [0, 0.1) is 5.92 Å². The summed E-state index contributed by atoms with van der Waals surface area (Å²) < 4.78 is 44.8. The highest BCUT2D eigenvalue weighted by atomic mass is 19.4. The van der Waals surface area contributed by atoms with E-state index in [0.29, 0.717) is 28.4 Å². The lowest BCUT2D eigenvalue weighted by molar-refractivity contribution is -0.165. The van der Waals surface area contributed by atoms with Crippen LogP contribution < -0.4 is 4.74 Å². The van der Waals surface area contributed by atoms with Crippen LogP contribution in [0.1, 0.15) is 36.1 Å². The van der Waals surface area contributed by atoms with Gasteiger partial charge in [0.1, 0.15) is 12.3 Å². The van der Waals surface area contributed by atoms with Crippen molar-refractivity contribution in [1.82, 2.24) is 9.88 Å². The number of aromatic nitrogens is 1. The first-order chi connectivity index (χ1) is 15.2. The summed E-state index contributed by atoms with van der Waals surface area (Å²) in [6.07, 6.45) is -0.765. The van der Waals surface area contributed by atoms with Crippen LogP contribution in [-0.2, 0) is 29.0 Å². The van der Waals surface area contributed by atoms with Crippen LogP contribution >= 0.6 is 0 Å². The van der Waals surface area contributed by atoms with E-state index in [2.05, 4.69) is 4.98 Å². The minimum absolute atomic E-state index is 0.0825. The lowest BCUT2D eigenvalue weighted by Gasteiger charge is -2.25. The number of fused-ring (bicyclic) bond motifs is 1. The Kier molecular flexibility index (Phi) is 7.71. The number of hydrogen-bond acceptors (Lipinski definition) is 4. The Bertz CT molecular complexity index is 935. The average molecular weight is 450 g/mol. The van der Waals surface area contributed by atoms with Crippen molar-refractivity contribution >= 4 is 11.9 Å². The standard InChI is InChI=1S/C23H25F3N2O4/c24-23(25,26)15-28-14-18-12-20(32-10-4-2-6-19-5-1-3-9-27-19)8-7-16(18)11-17(22(28)31)13-21(29)30/h1,3,5,7-9,12,17H,2,4,6,10-11,13-15H2,(H,29,30)/t17-/m0/s1. The van der Waals surface area contributed by atoms with Crippen molar-refractivity contribution in [3.05, 3.63) is 59.4 Å². The number of nitrogens with zero attached hydrogens (tertiary/aromatic N) is 2. The topological polar surface area (TPSA) is 79.7 Å². The van der Waals surface area contributed by atoms with Crippen LogP contribution in [0.2, 0.25) is 0 Å². The fourth-order valence-electron chi connectivity index (χ4n) is 3.80. The molecule has 6 nitrogen and oxygen atoms in total. The first kappa shape index (κ1) is 23.6. The maximum Gasteiger partial charge on any atom is 0.406 e. The molecule has 0 radical (unpaired) electrons. The van der Waals surface area contributed by atoms with E-state index >= 15 is 0 Å². The maximum atomic E-state index is 13.0. The summed E-state index contributed by atoms with van der Waals surface area (Å²) in [7, 11) is 0. The third-order valence-corrected chi connectivity index (χ3v) is 5.28. The minimum atomic E-state index is -4.57. The second kappa shape index (κ2) is 10.5. The number of rotatable bonds is 9. The second-order valence-electron chi connectivity index (χ2n) is 7.87. The number of ether oxygens (including phenoxy) is 1. The second-order valence-corrected chi connectivity index (χ2v) is 7.87. The van der Waals surface area contributed by atoms with E-state index in [0.717, 1.165) is 25.0 Å². The zero-order chi connectivity index (χ0) is 23.1. The van der Waals surface area contributed by atoms with Gasteiger partial charge in [-0.05, 0) is 61.1 Å². The number of aryl methyl sites for hydroxylation is 1. The van der Waals surface area contributed by atoms with Crippen molar-refractivity contribution in [2.45, 2.75) is 44.8 Å². The van der Waals surface area contributed by atoms with Crippen molar-refractivity contribution in [3.8, 4) is 5.75 Å². The van der Waals surface area contributed by atoms with Gasteiger partial charge in [-0.15, -0.1) is 0 Å². The molecule has 0 bridgehead atoms. The Balaban J connectivity index is 1.65. The molecule has 2 aromatic rings. The molecule has 1 aliphatic rings. The monoisotopic (exact) mass is 450 g/mol. The molecule has 1 aliphatic heterocycles. The molecule has 32 heavy (non-hydrogen) atoms. The number of pyridine rings is 1. The maximum absolute atomic E-state index is 13.0. The van der Waals surface area contributed by atoms with Crippen molar-refractivity contribution in [1.29, 1.82) is 0 Å². The zero-order valence-corrected chi connectivity index (χ0v) is 17.5. The lowest BCUT2D eigenvalue weighted by atomic mass is 9.94. The molecule has 9 heteroatoms. The van der Waals surface area contributed by atoms with E-state index in [1.165, 1.54) is 0 Å². The van der Waals surface area contributed by atoms with Crippen molar-refractivity contribution in [2.75, 3.05) is 13.2 Å². The normalized spacial score (nSPS) is 16.4. The highest BCUT2D eigenvalue weighted by Gasteiger charge is 2.38. The number of amides is 1.